The van der Waals surface area contributed by atoms with E-state index < -0.39 is 0 Å². The molecule has 4 heteroatoms. The van der Waals surface area contributed by atoms with Crippen LogP contribution in [0.3, 0.4) is 0 Å². The van der Waals surface area contributed by atoms with Crippen molar-refractivity contribution in [3.63, 3.8) is 0 Å². The summed E-state index contributed by atoms with van der Waals surface area (Å²) in [5.74, 6) is 1.62. The largest absolute Gasteiger partial charge is 0.349 e. The van der Waals surface area contributed by atoms with Gasteiger partial charge in [0.2, 0.25) is 0 Å². The average Bonchev–Trinajstić information content (AvgIpc) is 2.63. The van der Waals surface area contributed by atoms with Gasteiger partial charge in [-0.15, -0.1) is 11.8 Å². The monoisotopic (exact) mass is 354 g/mol. The summed E-state index contributed by atoms with van der Waals surface area (Å²) in [4.78, 5) is 18.2. The number of nitrogens with zero attached hydrogens (tertiary/aromatic N) is 1. The molecule has 2 aromatic rings. The molecule has 1 fully saturated rings. The van der Waals surface area contributed by atoms with Crippen LogP contribution in [-0.2, 0) is 5.75 Å². The lowest BCUT2D eigenvalue weighted by Crippen LogP contribution is -2.37. The van der Waals surface area contributed by atoms with Gasteiger partial charge in [0.05, 0.1) is 11.3 Å². The fourth-order valence-electron chi connectivity index (χ4n) is 3.26. The van der Waals surface area contributed by atoms with Crippen molar-refractivity contribution >= 4 is 17.7 Å². The molecule has 1 amide bonds. The zero-order chi connectivity index (χ0) is 17.6. The number of rotatable bonds is 5. The van der Waals surface area contributed by atoms with Gasteiger partial charge in [0.25, 0.3) is 5.91 Å². The molecule has 1 saturated carbocycles. The minimum atomic E-state index is 0.0559. The Balaban J connectivity index is 1.66. The van der Waals surface area contributed by atoms with Gasteiger partial charge in [-0.25, -0.2) is 0 Å². The van der Waals surface area contributed by atoms with Crippen molar-refractivity contribution in [2.45, 2.75) is 56.2 Å². The summed E-state index contributed by atoms with van der Waals surface area (Å²) in [6, 6.07) is 12.2. The second kappa shape index (κ2) is 8.52. The first-order valence-corrected chi connectivity index (χ1v) is 10.0. The SMILES string of the molecule is Cc1cccnc1CSc1ccccc1C(=O)NC1CCC(C)CC1. The third-order valence-electron chi connectivity index (χ3n) is 4.97. The number of aromatic nitrogens is 1. The van der Waals surface area contributed by atoms with Gasteiger partial charge >= 0.3 is 0 Å². The van der Waals surface area contributed by atoms with Gasteiger partial charge in [0.15, 0.2) is 0 Å². The fraction of sp³-hybridized carbons (Fsp3) is 0.429. The molecule has 0 unspecified atom stereocenters. The van der Waals surface area contributed by atoms with Crippen molar-refractivity contribution in [1.29, 1.82) is 0 Å². The third-order valence-corrected chi connectivity index (χ3v) is 6.05. The highest BCUT2D eigenvalue weighted by atomic mass is 32.2. The summed E-state index contributed by atoms with van der Waals surface area (Å²) in [6.07, 6.45) is 6.43. The van der Waals surface area contributed by atoms with E-state index >= 15 is 0 Å². The fourth-order valence-corrected chi connectivity index (χ4v) is 4.35. The molecule has 1 aromatic carbocycles. The van der Waals surface area contributed by atoms with Crippen LogP contribution in [0.1, 0.15) is 54.2 Å². The summed E-state index contributed by atoms with van der Waals surface area (Å²) in [6.45, 7) is 4.37. The van der Waals surface area contributed by atoms with Crippen LogP contribution in [0, 0.1) is 12.8 Å². The van der Waals surface area contributed by atoms with Crippen molar-refractivity contribution in [1.82, 2.24) is 10.3 Å². The minimum Gasteiger partial charge on any atom is -0.349 e. The first-order valence-electron chi connectivity index (χ1n) is 9.06. The Morgan fingerprint density at radius 1 is 1.16 bits per heavy atom. The van der Waals surface area contributed by atoms with Crippen LogP contribution in [0.5, 0.6) is 0 Å². The average molecular weight is 355 g/mol. The lowest BCUT2D eigenvalue weighted by atomic mass is 9.87. The van der Waals surface area contributed by atoms with Crippen LogP contribution in [0.15, 0.2) is 47.5 Å². The zero-order valence-electron chi connectivity index (χ0n) is 15.0. The summed E-state index contributed by atoms with van der Waals surface area (Å²) in [5.41, 5.74) is 3.04. The van der Waals surface area contributed by atoms with Gasteiger partial charge in [-0.3, -0.25) is 9.78 Å². The van der Waals surface area contributed by atoms with E-state index in [-0.39, 0.29) is 5.91 Å². The van der Waals surface area contributed by atoms with Gasteiger partial charge in [-0.2, -0.15) is 0 Å². The molecule has 0 aliphatic heterocycles. The van der Waals surface area contributed by atoms with Gasteiger partial charge in [0, 0.05) is 22.9 Å². The maximum absolute atomic E-state index is 12.8. The molecule has 0 bridgehead atoms. The number of amides is 1. The number of benzene rings is 1. The molecule has 3 rings (SSSR count). The van der Waals surface area contributed by atoms with E-state index in [9.17, 15) is 4.79 Å². The summed E-state index contributed by atoms with van der Waals surface area (Å²) in [7, 11) is 0. The molecule has 25 heavy (non-hydrogen) atoms. The standard InChI is InChI=1S/C21H26N2OS/c1-15-9-11-17(12-10-15)23-21(24)18-7-3-4-8-20(18)25-14-19-16(2)6-5-13-22-19/h3-8,13,15,17H,9-12,14H2,1-2H3,(H,23,24). The summed E-state index contributed by atoms with van der Waals surface area (Å²) in [5, 5.41) is 3.24. The first-order chi connectivity index (χ1) is 12.1. The molecular weight excluding hydrogens is 328 g/mol. The molecule has 1 aliphatic rings. The Labute approximate surface area is 154 Å². The molecule has 3 nitrogen and oxygen atoms in total. The van der Waals surface area contributed by atoms with E-state index in [1.165, 1.54) is 18.4 Å². The Morgan fingerprint density at radius 2 is 1.92 bits per heavy atom. The number of hydrogen-bond acceptors (Lipinski definition) is 3. The molecule has 132 valence electrons. The van der Waals surface area contributed by atoms with Crippen LogP contribution in [0.25, 0.3) is 0 Å². The van der Waals surface area contributed by atoms with E-state index in [1.54, 1.807) is 11.8 Å². The smallest absolute Gasteiger partial charge is 0.252 e. The van der Waals surface area contributed by atoms with Crippen molar-refractivity contribution in [2.24, 2.45) is 5.92 Å². The molecule has 0 radical (unpaired) electrons. The van der Waals surface area contributed by atoms with Crippen LogP contribution < -0.4 is 5.32 Å². The number of hydrogen-bond donors (Lipinski definition) is 1. The quantitative estimate of drug-likeness (QED) is 0.769. The molecule has 1 heterocycles. The highest BCUT2D eigenvalue weighted by molar-refractivity contribution is 7.98. The van der Waals surface area contributed by atoms with Crippen molar-refractivity contribution in [2.75, 3.05) is 0 Å². The van der Waals surface area contributed by atoms with Crippen molar-refractivity contribution < 1.29 is 4.79 Å². The number of nitrogens with one attached hydrogen (secondary N) is 1. The van der Waals surface area contributed by atoms with E-state index in [0.717, 1.165) is 40.7 Å². The lowest BCUT2D eigenvalue weighted by molar-refractivity contribution is 0.0920. The predicted octanol–water partition coefficient (Wildman–Crippen LogP) is 4.99. The lowest BCUT2D eigenvalue weighted by Gasteiger charge is -2.27. The maximum atomic E-state index is 12.8. The molecule has 0 atom stereocenters. The number of carbonyl (C=O) groups is 1. The molecule has 1 aliphatic carbocycles. The van der Waals surface area contributed by atoms with Crippen LogP contribution in [0.4, 0.5) is 0 Å². The van der Waals surface area contributed by atoms with Crippen molar-refractivity contribution in [3.8, 4) is 0 Å². The minimum absolute atomic E-state index is 0.0559. The molecular formula is C21H26N2OS. The summed E-state index contributed by atoms with van der Waals surface area (Å²) >= 11 is 1.68. The Bertz CT molecular complexity index is 723. The molecule has 0 spiro atoms. The van der Waals surface area contributed by atoms with Gasteiger partial charge < -0.3 is 5.32 Å². The van der Waals surface area contributed by atoms with E-state index in [1.807, 2.05) is 36.5 Å². The van der Waals surface area contributed by atoms with Gasteiger partial charge in [0.1, 0.15) is 0 Å². The van der Waals surface area contributed by atoms with E-state index in [2.05, 4.69) is 30.2 Å². The molecule has 1 aromatic heterocycles. The van der Waals surface area contributed by atoms with Crippen LogP contribution in [0.2, 0.25) is 0 Å². The van der Waals surface area contributed by atoms with Crippen LogP contribution in [-0.4, -0.2) is 16.9 Å². The number of thioether (sulfide) groups is 1. The highest BCUT2D eigenvalue weighted by Crippen LogP contribution is 2.28. The zero-order valence-corrected chi connectivity index (χ0v) is 15.8. The maximum Gasteiger partial charge on any atom is 0.252 e. The Kier molecular flexibility index (Phi) is 6.14. The highest BCUT2D eigenvalue weighted by Gasteiger charge is 2.21. The first kappa shape index (κ1) is 18.0. The van der Waals surface area contributed by atoms with Gasteiger partial charge in [-0.05, 0) is 62.3 Å². The number of aryl methyl sites for hydroxylation is 1. The normalized spacial score (nSPS) is 20.2. The summed E-state index contributed by atoms with van der Waals surface area (Å²) < 4.78 is 0. The topological polar surface area (TPSA) is 42.0 Å². The van der Waals surface area contributed by atoms with Crippen LogP contribution >= 0.6 is 11.8 Å². The van der Waals surface area contributed by atoms with E-state index in [0.29, 0.717) is 6.04 Å². The molecule has 1 N–H and O–H groups in total. The van der Waals surface area contributed by atoms with Crippen molar-refractivity contribution in [3.05, 3.63) is 59.4 Å². The number of carbonyl (C=O) groups excluding carboxylic acids is 1. The predicted molar refractivity (Wildman–Crippen MR) is 104 cm³/mol. The third kappa shape index (κ3) is 4.85. The second-order valence-corrected chi connectivity index (χ2v) is 8.00. The number of pyridine rings is 1. The van der Waals surface area contributed by atoms with Gasteiger partial charge in [-0.1, -0.05) is 25.1 Å². The Morgan fingerprint density at radius 3 is 2.68 bits per heavy atom. The second-order valence-electron chi connectivity index (χ2n) is 6.98. The molecule has 0 saturated heterocycles. The van der Waals surface area contributed by atoms with E-state index in [4.69, 9.17) is 0 Å². The Hall–Kier alpha value is -1.81.